The van der Waals surface area contributed by atoms with Crippen molar-refractivity contribution in [2.45, 2.75) is 26.3 Å². The van der Waals surface area contributed by atoms with E-state index >= 15 is 0 Å². The molecule has 3 heteroatoms. The molecule has 13 heavy (non-hydrogen) atoms. The van der Waals surface area contributed by atoms with Gasteiger partial charge in [-0.25, -0.2) is 4.98 Å². The smallest absolute Gasteiger partial charge is 0.0798 e. The SMILES string of the molecule is C#CCC(NCC)c1scnc1C. The molecule has 1 N–H and O–H groups in total. The van der Waals surface area contributed by atoms with Gasteiger partial charge >= 0.3 is 0 Å². The summed E-state index contributed by atoms with van der Waals surface area (Å²) in [6.07, 6.45) is 6.04. The average Bonchev–Trinajstić information content (AvgIpc) is 2.51. The Morgan fingerprint density at radius 1 is 1.77 bits per heavy atom. The molecule has 1 heterocycles. The number of rotatable bonds is 4. The van der Waals surface area contributed by atoms with Gasteiger partial charge in [0.15, 0.2) is 0 Å². The van der Waals surface area contributed by atoms with Crippen LogP contribution in [0.4, 0.5) is 0 Å². The topological polar surface area (TPSA) is 24.9 Å². The molecule has 1 unspecified atom stereocenters. The Kier molecular flexibility index (Phi) is 3.94. The van der Waals surface area contributed by atoms with Crippen molar-refractivity contribution in [1.82, 2.24) is 10.3 Å². The van der Waals surface area contributed by atoms with E-state index in [1.807, 2.05) is 12.4 Å². The van der Waals surface area contributed by atoms with E-state index < -0.39 is 0 Å². The van der Waals surface area contributed by atoms with Gasteiger partial charge in [0.25, 0.3) is 0 Å². The molecule has 2 nitrogen and oxygen atoms in total. The molecule has 1 rings (SSSR count). The minimum atomic E-state index is 0.280. The third-order valence-electron chi connectivity index (χ3n) is 1.87. The van der Waals surface area contributed by atoms with Crippen LogP contribution in [0.25, 0.3) is 0 Å². The number of hydrogen-bond acceptors (Lipinski definition) is 3. The summed E-state index contributed by atoms with van der Waals surface area (Å²) < 4.78 is 0. The van der Waals surface area contributed by atoms with Crippen LogP contribution < -0.4 is 5.32 Å². The summed E-state index contributed by atoms with van der Waals surface area (Å²) >= 11 is 1.67. The fourth-order valence-corrected chi connectivity index (χ4v) is 2.15. The van der Waals surface area contributed by atoms with Gasteiger partial charge in [0, 0.05) is 11.3 Å². The summed E-state index contributed by atoms with van der Waals surface area (Å²) in [7, 11) is 0. The first-order valence-electron chi connectivity index (χ1n) is 4.36. The molecule has 0 radical (unpaired) electrons. The Hall–Kier alpha value is -0.850. The molecule has 0 amide bonds. The van der Waals surface area contributed by atoms with E-state index in [9.17, 15) is 0 Å². The van der Waals surface area contributed by atoms with E-state index in [-0.39, 0.29) is 6.04 Å². The van der Waals surface area contributed by atoms with Crippen molar-refractivity contribution >= 4 is 11.3 Å². The summed E-state index contributed by atoms with van der Waals surface area (Å²) in [6.45, 7) is 5.04. The van der Waals surface area contributed by atoms with Crippen LogP contribution in [0.3, 0.4) is 0 Å². The standard InChI is InChI=1S/C10H14N2S/c1-4-6-9(11-5-2)10-8(3)12-7-13-10/h1,7,9,11H,5-6H2,2-3H3. The van der Waals surface area contributed by atoms with E-state index in [1.54, 1.807) is 11.3 Å². The van der Waals surface area contributed by atoms with Crippen molar-refractivity contribution in [2.75, 3.05) is 6.54 Å². The summed E-state index contributed by atoms with van der Waals surface area (Å²) in [4.78, 5) is 5.48. The zero-order chi connectivity index (χ0) is 9.68. The zero-order valence-electron chi connectivity index (χ0n) is 8.00. The highest BCUT2D eigenvalue weighted by atomic mass is 32.1. The summed E-state index contributed by atoms with van der Waals surface area (Å²) in [5.74, 6) is 2.68. The van der Waals surface area contributed by atoms with Gasteiger partial charge in [0.2, 0.25) is 0 Å². The minimum Gasteiger partial charge on any atom is -0.309 e. The van der Waals surface area contributed by atoms with Crippen LogP contribution in [0.5, 0.6) is 0 Å². The molecule has 0 aliphatic heterocycles. The Labute approximate surface area is 83.4 Å². The highest BCUT2D eigenvalue weighted by Gasteiger charge is 2.13. The Morgan fingerprint density at radius 2 is 2.54 bits per heavy atom. The molecule has 1 aromatic heterocycles. The molecule has 1 aromatic rings. The molecule has 0 aliphatic rings. The van der Waals surface area contributed by atoms with Crippen molar-refractivity contribution < 1.29 is 0 Å². The summed E-state index contributed by atoms with van der Waals surface area (Å²) in [5, 5.41) is 3.35. The predicted molar refractivity (Wildman–Crippen MR) is 56.7 cm³/mol. The molecular formula is C10H14N2S. The highest BCUT2D eigenvalue weighted by molar-refractivity contribution is 7.09. The van der Waals surface area contributed by atoms with Crippen molar-refractivity contribution in [3.05, 3.63) is 16.1 Å². The highest BCUT2D eigenvalue weighted by Crippen LogP contribution is 2.23. The maximum atomic E-state index is 5.31. The Morgan fingerprint density at radius 3 is 3.00 bits per heavy atom. The molecular weight excluding hydrogens is 180 g/mol. The molecule has 0 spiro atoms. The lowest BCUT2D eigenvalue weighted by Gasteiger charge is -2.13. The molecule has 0 saturated heterocycles. The van der Waals surface area contributed by atoms with Crippen LogP contribution in [-0.4, -0.2) is 11.5 Å². The molecule has 0 saturated carbocycles. The second kappa shape index (κ2) is 5.00. The first-order valence-corrected chi connectivity index (χ1v) is 5.24. The second-order valence-electron chi connectivity index (χ2n) is 2.82. The molecule has 0 fully saturated rings. The number of nitrogens with one attached hydrogen (secondary N) is 1. The number of hydrogen-bond donors (Lipinski definition) is 1. The number of aromatic nitrogens is 1. The fraction of sp³-hybridized carbons (Fsp3) is 0.500. The third-order valence-corrected chi connectivity index (χ3v) is 2.92. The summed E-state index contributed by atoms with van der Waals surface area (Å²) in [5.41, 5.74) is 2.96. The lowest BCUT2D eigenvalue weighted by atomic mass is 10.1. The maximum absolute atomic E-state index is 5.31. The van der Waals surface area contributed by atoms with Gasteiger partial charge in [0.1, 0.15) is 0 Å². The largest absolute Gasteiger partial charge is 0.309 e. The van der Waals surface area contributed by atoms with Gasteiger partial charge in [-0.2, -0.15) is 0 Å². The van der Waals surface area contributed by atoms with E-state index in [0.717, 1.165) is 18.7 Å². The van der Waals surface area contributed by atoms with Crippen molar-refractivity contribution in [3.63, 3.8) is 0 Å². The third kappa shape index (κ3) is 2.55. The normalized spacial score (nSPS) is 12.4. The van der Waals surface area contributed by atoms with Crippen molar-refractivity contribution in [3.8, 4) is 12.3 Å². The first-order chi connectivity index (χ1) is 6.29. The molecule has 0 bridgehead atoms. The minimum absolute atomic E-state index is 0.280. The van der Waals surface area contributed by atoms with Gasteiger partial charge < -0.3 is 5.32 Å². The lowest BCUT2D eigenvalue weighted by molar-refractivity contribution is 0.570. The fourth-order valence-electron chi connectivity index (χ4n) is 1.27. The van der Waals surface area contributed by atoms with E-state index in [0.29, 0.717) is 0 Å². The number of thiazole rings is 1. The van der Waals surface area contributed by atoms with Crippen LogP contribution in [0.15, 0.2) is 5.51 Å². The lowest BCUT2D eigenvalue weighted by Crippen LogP contribution is -2.20. The monoisotopic (exact) mass is 194 g/mol. The van der Waals surface area contributed by atoms with Crippen LogP contribution in [0, 0.1) is 19.3 Å². The number of nitrogens with zero attached hydrogens (tertiary/aromatic N) is 1. The van der Waals surface area contributed by atoms with Gasteiger partial charge in [-0.05, 0) is 13.5 Å². The Balaban J connectivity index is 2.76. The van der Waals surface area contributed by atoms with E-state index in [1.165, 1.54) is 4.88 Å². The molecule has 0 aliphatic carbocycles. The molecule has 1 atom stereocenters. The van der Waals surface area contributed by atoms with E-state index in [2.05, 4.69) is 23.1 Å². The first kappa shape index (κ1) is 10.2. The quantitative estimate of drug-likeness (QED) is 0.743. The van der Waals surface area contributed by atoms with Gasteiger partial charge in [-0.3, -0.25) is 0 Å². The van der Waals surface area contributed by atoms with Crippen LogP contribution in [-0.2, 0) is 0 Å². The predicted octanol–water partition coefficient (Wildman–Crippen LogP) is 2.13. The number of aryl methyl sites for hydroxylation is 1. The van der Waals surface area contributed by atoms with Crippen molar-refractivity contribution in [2.24, 2.45) is 0 Å². The van der Waals surface area contributed by atoms with Gasteiger partial charge in [-0.15, -0.1) is 23.7 Å². The van der Waals surface area contributed by atoms with Gasteiger partial charge in [0.05, 0.1) is 17.2 Å². The maximum Gasteiger partial charge on any atom is 0.0798 e. The average molecular weight is 194 g/mol. The van der Waals surface area contributed by atoms with E-state index in [4.69, 9.17) is 6.42 Å². The second-order valence-corrected chi connectivity index (χ2v) is 3.71. The van der Waals surface area contributed by atoms with Crippen LogP contribution in [0.1, 0.15) is 30.0 Å². The molecule has 0 aromatic carbocycles. The molecule has 70 valence electrons. The number of terminal acetylenes is 1. The van der Waals surface area contributed by atoms with Crippen LogP contribution in [0.2, 0.25) is 0 Å². The Bertz CT molecular complexity index is 298. The van der Waals surface area contributed by atoms with Crippen LogP contribution >= 0.6 is 11.3 Å². The van der Waals surface area contributed by atoms with Gasteiger partial charge in [-0.1, -0.05) is 6.92 Å². The summed E-state index contributed by atoms with van der Waals surface area (Å²) in [6, 6.07) is 0.280. The zero-order valence-corrected chi connectivity index (χ0v) is 8.82. The van der Waals surface area contributed by atoms with Crippen molar-refractivity contribution in [1.29, 1.82) is 0 Å².